The molecule has 0 saturated carbocycles. The highest BCUT2D eigenvalue weighted by molar-refractivity contribution is 7.98. The lowest BCUT2D eigenvalue weighted by atomic mass is 10.1. The normalized spacial score (nSPS) is 14.0. The molecule has 0 saturated heterocycles. The molecule has 0 amide bonds. The summed E-state index contributed by atoms with van der Waals surface area (Å²) in [6.45, 7) is 4.03. The van der Waals surface area contributed by atoms with Gasteiger partial charge in [0.05, 0.1) is 7.11 Å². The number of rotatable bonds is 6. The minimum Gasteiger partial charge on any atom is -0.468 e. The van der Waals surface area contributed by atoms with Crippen LogP contribution >= 0.6 is 11.8 Å². The highest BCUT2D eigenvalue weighted by Crippen LogP contribution is 2.19. The van der Waals surface area contributed by atoms with E-state index in [0.717, 1.165) is 6.42 Å². The van der Waals surface area contributed by atoms with Gasteiger partial charge in [-0.15, -0.1) is 11.8 Å². The molecule has 0 aliphatic heterocycles. The molecule has 100 valence electrons. The molecule has 2 atom stereocenters. The molecule has 0 radical (unpaired) electrons. The Hall–Kier alpha value is -1.00. The Morgan fingerprint density at radius 3 is 2.44 bits per heavy atom. The predicted molar refractivity (Wildman–Crippen MR) is 75.9 cm³/mol. The van der Waals surface area contributed by atoms with Crippen molar-refractivity contribution in [1.82, 2.24) is 5.32 Å². The lowest BCUT2D eigenvalue weighted by Gasteiger charge is -2.20. The molecule has 0 spiro atoms. The van der Waals surface area contributed by atoms with Gasteiger partial charge in [-0.1, -0.05) is 19.1 Å². The van der Waals surface area contributed by atoms with Crippen LogP contribution in [0.5, 0.6) is 0 Å². The monoisotopic (exact) mass is 267 g/mol. The number of ether oxygens (including phenoxy) is 1. The average molecular weight is 267 g/mol. The maximum absolute atomic E-state index is 11.5. The van der Waals surface area contributed by atoms with E-state index in [4.69, 9.17) is 4.74 Å². The van der Waals surface area contributed by atoms with Gasteiger partial charge in [-0.2, -0.15) is 0 Å². The molecule has 0 heterocycles. The molecule has 0 aliphatic rings. The smallest absolute Gasteiger partial charge is 0.322 e. The Balaban J connectivity index is 2.68. The molecule has 1 aromatic carbocycles. The van der Waals surface area contributed by atoms with Gasteiger partial charge in [-0.25, -0.2) is 0 Å². The number of esters is 1. The molecule has 1 N–H and O–H groups in total. The number of benzene rings is 1. The van der Waals surface area contributed by atoms with E-state index in [9.17, 15) is 4.79 Å². The zero-order chi connectivity index (χ0) is 13.5. The third-order valence-electron chi connectivity index (χ3n) is 2.96. The maximum atomic E-state index is 11.5. The van der Waals surface area contributed by atoms with E-state index < -0.39 is 0 Å². The summed E-state index contributed by atoms with van der Waals surface area (Å²) in [6.07, 6.45) is 2.78. The summed E-state index contributed by atoms with van der Waals surface area (Å²) in [5, 5.41) is 3.29. The van der Waals surface area contributed by atoms with Gasteiger partial charge >= 0.3 is 5.97 Å². The molecule has 4 heteroatoms. The van der Waals surface area contributed by atoms with Crippen molar-refractivity contribution in [3.05, 3.63) is 29.8 Å². The van der Waals surface area contributed by atoms with E-state index in [0.29, 0.717) is 0 Å². The number of hydrogen-bond acceptors (Lipinski definition) is 4. The summed E-state index contributed by atoms with van der Waals surface area (Å²) in [5.74, 6) is -0.204. The van der Waals surface area contributed by atoms with Crippen LogP contribution in [0.4, 0.5) is 0 Å². The van der Waals surface area contributed by atoms with E-state index in [-0.39, 0.29) is 18.1 Å². The molecular weight excluding hydrogens is 246 g/mol. The number of nitrogens with one attached hydrogen (secondary N) is 1. The standard InChI is InChI=1S/C14H21NO2S/c1-5-13(14(16)17-3)15-10(2)11-6-8-12(18-4)9-7-11/h6-10,13,15H,5H2,1-4H3. The van der Waals surface area contributed by atoms with E-state index in [1.807, 2.05) is 6.92 Å². The van der Waals surface area contributed by atoms with Crippen molar-refractivity contribution >= 4 is 17.7 Å². The molecule has 1 rings (SSSR count). The summed E-state index contributed by atoms with van der Waals surface area (Å²) in [7, 11) is 1.42. The topological polar surface area (TPSA) is 38.3 Å². The Morgan fingerprint density at radius 2 is 2.00 bits per heavy atom. The Labute approximate surface area is 113 Å². The summed E-state index contributed by atoms with van der Waals surface area (Å²) in [4.78, 5) is 12.8. The zero-order valence-corrected chi connectivity index (χ0v) is 12.2. The molecule has 0 fully saturated rings. The summed E-state index contributed by atoms with van der Waals surface area (Å²) in [6, 6.07) is 8.26. The largest absolute Gasteiger partial charge is 0.468 e. The van der Waals surface area contributed by atoms with E-state index >= 15 is 0 Å². The maximum Gasteiger partial charge on any atom is 0.322 e. The fraction of sp³-hybridized carbons (Fsp3) is 0.500. The van der Waals surface area contributed by atoms with Gasteiger partial charge in [0.25, 0.3) is 0 Å². The van der Waals surface area contributed by atoms with Crippen LogP contribution in [0.2, 0.25) is 0 Å². The van der Waals surface area contributed by atoms with Gasteiger partial charge in [-0.3, -0.25) is 10.1 Å². The van der Waals surface area contributed by atoms with Crippen LogP contribution in [0.3, 0.4) is 0 Å². The lowest BCUT2D eigenvalue weighted by molar-refractivity contribution is -0.143. The molecule has 2 unspecified atom stereocenters. The first kappa shape index (κ1) is 15.1. The zero-order valence-electron chi connectivity index (χ0n) is 11.4. The van der Waals surface area contributed by atoms with Crippen molar-refractivity contribution < 1.29 is 9.53 Å². The van der Waals surface area contributed by atoms with Crippen LogP contribution in [0.1, 0.15) is 31.9 Å². The molecule has 3 nitrogen and oxygen atoms in total. The number of carbonyl (C=O) groups is 1. The van der Waals surface area contributed by atoms with Crippen molar-refractivity contribution in [3.8, 4) is 0 Å². The quantitative estimate of drug-likeness (QED) is 0.635. The van der Waals surface area contributed by atoms with Crippen LogP contribution in [-0.4, -0.2) is 25.4 Å². The second kappa shape index (κ2) is 7.44. The Bertz CT molecular complexity index is 378. The lowest BCUT2D eigenvalue weighted by Crippen LogP contribution is -2.38. The first-order valence-corrected chi connectivity index (χ1v) is 7.32. The van der Waals surface area contributed by atoms with Crippen LogP contribution in [0.25, 0.3) is 0 Å². The minimum absolute atomic E-state index is 0.130. The van der Waals surface area contributed by atoms with Crippen molar-refractivity contribution in [3.63, 3.8) is 0 Å². The van der Waals surface area contributed by atoms with Gasteiger partial charge in [0.15, 0.2) is 0 Å². The highest BCUT2D eigenvalue weighted by atomic mass is 32.2. The van der Waals surface area contributed by atoms with E-state index in [2.05, 4.69) is 42.8 Å². The van der Waals surface area contributed by atoms with Crippen molar-refractivity contribution in [1.29, 1.82) is 0 Å². The van der Waals surface area contributed by atoms with Crippen LogP contribution in [-0.2, 0) is 9.53 Å². The van der Waals surface area contributed by atoms with Gasteiger partial charge in [0.2, 0.25) is 0 Å². The molecular formula is C14H21NO2S. The minimum atomic E-state index is -0.245. The molecule has 0 bridgehead atoms. The highest BCUT2D eigenvalue weighted by Gasteiger charge is 2.19. The molecule has 18 heavy (non-hydrogen) atoms. The third-order valence-corrected chi connectivity index (χ3v) is 3.70. The third kappa shape index (κ3) is 4.03. The molecule has 1 aromatic rings. The number of methoxy groups -OCH3 is 1. The fourth-order valence-corrected chi connectivity index (χ4v) is 2.19. The van der Waals surface area contributed by atoms with Crippen LogP contribution in [0.15, 0.2) is 29.2 Å². The van der Waals surface area contributed by atoms with Gasteiger partial charge in [0.1, 0.15) is 6.04 Å². The molecule has 0 aromatic heterocycles. The van der Waals surface area contributed by atoms with Gasteiger partial charge < -0.3 is 4.74 Å². The van der Waals surface area contributed by atoms with Crippen LogP contribution < -0.4 is 5.32 Å². The van der Waals surface area contributed by atoms with Crippen molar-refractivity contribution in [2.75, 3.05) is 13.4 Å². The number of hydrogen-bond donors (Lipinski definition) is 1. The van der Waals surface area contributed by atoms with Gasteiger partial charge in [-0.05, 0) is 37.3 Å². The summed E-state index contributed by atoms with van der Waals surface area (Å²) >= 11 is 1.72. The predicted octanol–water partition coefficient (Wildman–Crippen LogP) is 3.01. The fourth-order valence-electron chi connectivity index (χ4n) is 1.79. The summed E-state index contributed by atoms with van der Waals surface area (Å²) < 4.78 is 4.77. The van der Waals surface area contributed by atoms with Gasteiger partial charge in [0, 0.05) is 10.9 Å². The van der Waals surface area contributed by atoms with E-state index in [1.54, 1.807) is 11.8 Å². The average Bonchev–Trinajstić information content (AvgIpc) is 2.43. The second-order valence-corrected chi connectivity index (χ2v) is 5.03. The van der Waals surface area contributed by atoms with E-state index in [1.165, 1.54) is 17.6 Å². The van der Waals surface area contributed by atoms with Crippen LogP contribution in [0, 0.1) is 0 Å². The first-order chi connectivity index (χ1) is 8.62. The van der Waals surface area contributed by atoms with Crippen molar-refractivity contribution in [2.45, 2.75) is 37.2 Å². The number of thioether (sulfide) groups is 1. The Kier molecular flexibility index (Phi) is 6.22. The van der Waals surface area contributed by atoms with Crippen molar-refractivity contribution in [2.24, 2.45) is 0 Å². The Morgan fingerprint density at radius 1 is 1.39 bits per heavy atom. The summed E-state index contributed by atoms with van der Waals surface area (Å²) in [5.41, 5.74) is 1.18. The first-order valence-electron chi connectivity index (χ1n) is 6.10. The molecule has 0 aliphatic carbocycles. The number of carbonyl (C=O) groups excluding carboxylic acids is 1. The second-order valence-electron chi connectivity index (χ2n) is 4.15. The SMILES string of the molecule is CCC(NC(C)c1ccc(SC)cc1)C(=O)OC.